The average Bonchev–Trinajstić information content (AvgIpc) is 2.91. The number of hydrogen-bond donors (Lipinski definition) is 1. The molecule has 3 heterocycles. The lowest BCUT2D eigenvalue weighted by atomic mass is 9.85. The molecule has 2 saturated heterocycles. The number of fused-ring (bicyclic) bond motifs is 1. The highest BCUT2D eigenvalue weighted by molar-refractivity contribution is 5.10. The normalized spacial score (nSPS) is 30.6. The van der Waals surface area contributed by atoms with Gasteiger partial charge in [0.1, 0.15) is 0 Å². The Bertz CT molecular complexity index is 401. The van der Waals surface area contributed by atoms with Crippen molar-refractivity contribution in [2.24, 2.45) is 11.8 Å². The zero-order valence-electron chi connectivity index (χ0n) is 11.4. The van der Waals surface area contributed by atoms with Crippen LogP contribution in [0.15, 0.2) is 24.5 Å². The second-order valence-corrected chi connectivity index (χ2v) is 6.24. The molecule has 0 aliphatic carbocycles. The monoisotopic (exact) mass is 245 g/mol. The number of hydrogen-bond acceptors (Lipinski definition) is 3. The van der Waals surface area contributed by atoms with Crippen LogP contribution in [0.3, 0.4) is 0 Å². The summed E-state index contributed by atoms with van der Waals surface area (Å²) in [7, 11) is 0. The van der Waals surface area contributed by atoms with E-state index in [-0.39, 0.29) is 0 Å². The number of nitrogens with zero attached hydrogens (tertiary/aromatic N) is 2. The van der Waals surface area contributed by atoms with Gasteiger partial charge in [-0.1, -0.05) is 6.07 Å². The highest BCUT2D eigenvalue weighted by Gasteiger charge is 2.48. The van der Waals surface area contributed by atoms with Gasteiger partial charge in [0, 0.05) is 37.6 Å². The van der Waals surface area contributed by atoms with Crippen LogP contribution in [0, 0.1) is 11.8 Å². The summed E-state index contributed by atoms with van der Waals surface area (Å²) in [4.78, 5) is 6.87. The van der Waals surface area contributed by atoms with Gasteiger partial charge in [-0.2, -0.15) is 0 Å². The van der Waals surface area contributed by atoms with Gasteiger partial charge in [0.25, 0.3) is 0 Å². The van der Waals surface area contributed by atoms with E-state index in [4.69, 9.17) is 0 Å². The van der Waals surface area contributed by atoms with Gasteiger partial charge in [0.2, 0.25) is 0 Å². The van der Waals surface area contributed by atoms with Gasteiger partial charge in [-0.3, -0.25) is 9.88 Å². The summed E-state index contributed by atoms with van der Waals surface area (Å²) in [5.41, 5.74) is 1.69. The maximum atomic E-state index is 4.19. The first-order valence-electron chi connectivity index (χ1n) is 7.02. The van der Waals surface area contributed by atoms with Crippen molar-refractivity contribution in [3.05, 3.63) is 30.1 Å². The minimum absolute atomic E-state index is 0.344. The molecule has 0 bridgehead atoms. The molecule has 1 aromatic heterocycles. The van der Waals surface area contributed by atoms with Gasteiger partial charge in [-0.15, -0.1) is 0 Å². The number of nitrogens with one attached hydrogen (secondary N) is 1. The van der Waals surface area contributed by atoms with Crippen LogP contribution in [0.1, 0.15) is 19.4 Å². The largest absolute Gasteiger partial charge is 0.316 e. The van der Waals surface area contributed by atoms with E-state index in [1.807, 2.05) is 18.5 Å². The van der Waals surface area contributed by atoms with Crippen LogP contribution in [0.25, 0.3) is 0 Å². The predicted molar refractivity (Wildman–Crippen MR) is 73.4 cm³/mol. The van der Waals surface area contributed by atoms with E-state index in [2.05, 4.69) is 35.1 Å². The molecule has 2 fully saturated rings. The lowest BCUT2D eigenvalue weighted by Gasteiger charge is -2.35. The molecule has 18 heavy (non-hydrogen) atoms. The average molecular weight is 245 g/mol. The van der Waals surface area contributed by atoms with Gasteiger partial charge >= 0.3 is 0 Å². The van der Waals surface area contributed by atoms with Crippen LogP contribution in [-0.4, -0.2) is 41.6 Å². The summed E-state index contributed by atoms with van der Waals surface area (Å²) in [6.45, 7) is 9.64. The van der Waals surface area contributed by atoms with Gasteiger partial charge in [0.15, 0.2) is 0 Å². The molecule has 2 aliphatic rings. The zero-order chi connectivity index (χ0) is 12.6. The fourth-order valence-corrected chi connectivity index (χ4v) is 3.69. The molecule has 2 aliphatic heterocycles. The number of aromatic nitrogens is 1. The Hall–Kier alpha value is -0.930. The third-order valence-electron chi connectivity index (χ3n) is 4.91. The summed E-state index contributed by atoms with van der Waals surface area (Å²) in [5, 5.41) is 3.54. The first kappa shape index (κ1) is 12.1. The molecule has 0 saturated carbocycles. The second kappa shape index (κ2) is 4.63. The van der Waals surface area contributed by atoms with Crippen molar-refractivity contribution in [2.75, 3.05) is 26.2 Å². The number of pyridine rings is 1. The van der Waals surface area contributed by atoms with Crippen LogP contribution >= 0.6 is 0 Å². The molecule has 2 atom stereocenters. The molecule has 0 aromatic carbocycles. The third kappa shape index (κ3) is 2.06. The third-order valence-corrected chi connectivity index (χ3v) is 4.91. The van der Waals surface area contributed by atoms with Crippen molar-refractivity contribution in [3.8, 4) is 0 Å². The van der Waals surface area contributed by atoms with Crippen molar-refractivity contribution >= 4 is 0 Å². The van der Waals surface area contributed by atoms with E-state index in [9.17, 15) is 0 Å². The minimum Gasteiger partial charge on any atom is -0.316 e. The Morgan fingerprint density at radius 2 is 2.33 bits per heavy atom. The summed E-state index contributed by atoms with van der Waals surface area (Å²) in [6, 6.07) is 4.21. The van der Waals surface area contributed by atoms with Crippen LogP contribution in [-0.2, 0) is 6.42 Å². The predicted octanol–water partition coefficient (Wildman–Crippen LogP) is 1.55. The topological polar surface area (TPSA) is 28.2 Å². The quantitative estimate of drug-likeness (QED) is 0.876. The number of rotatable bonds is 3. The minimum atomic E-state index is 0.344. The summed E-state index contributed by atoms with van der Waals surface area (Å²) < 4.78 is 0. The van der Waals surface area contributed by atoms with E-state index in [1.165, 1.54) is 25.2 Å². The molecule has 0 amide bonds. The summed E-state index contributed by atoms with van der Waals surface area (Å²) in [6.07, 6.45) is 4.95. The maximum Gasteiger partial charge on any atom is 0.0300 e. The van der Waals surface area contributed by atoms with Crippen molar-refractivity contribution in [2.45, 2.75) is 25.8 Å². The van der Waals surface area contributed by atoms with Crippen LogP contribution in [0.4, 0.5) is 0 Å². The van der Waals surface area contributed by atoms with E-state index < -0.39 is 0 Å². The molecule has 2 unspecified atom stereocenters. The zero-order valence-corrected chi connectivity index (χ0v) is 11.4. The molecular formula is C15H23N3. The molecule has 0 spiro atoms. The highest BCUT2D eigenvalue weighted by Crippen LogP contribution is 2.40. The first-order chi connectivity index (χ1) is 8.68. The Labute approximate surface area is 110 Å². The molecule has 3 rings (SSSR count). The van der Waals surface area contributed by atoms with Crippen molar-refractivity contribution < 1.29 is 0 Å². The van der Waals surface area contributed by atoms with Gasteiger partial charge < -0.3 is 5.32 Å². The van der Waals surface area contributed by atoms with Crippen LogP contribution in [0.5, 0.6) is 0 Å². The first-order valence-corrected chi connectivity index (χ1v) is 7.02. The number of likely N-dealkylation sites (tertiary alicyclic amines) is 1. The lowest BCUT2D eigenvalue weighted by molar-refractivity contribution is 0.141. The fraction of sp³-hybridized carbons (Fsp3) is 0.667. The lowest BCUT2D eigenvalue weighted by Crippen LogP contribution is -2.45. The molecule has 3 heteroatoms. The summed E-state index contributed by atoms with van der Waals surface area (Å²) in [5.74, 6) is 1.68. The van der Waals surface area contributed by atoms with E-state index >= 15 is 0 Å². The van der Waals surface area contributed by atoms with Crippen LogP contribution in [0.2, 0.25) is 0 Å². The SMILES string of the molecule is CC1(C)C2CNCC2CN1CCc1cccnc1. The molecular weight excluding hydrogens is 222 g/mol. The Morgan fingerprint density at radius 3 is 3.06 bits per heavy atom. The van der Waals surface area contributed by atoms with E-state index in [0.29, 0.717) is 5.54 Å². The maximum absolute atomic E-state index is 4.19. The fourth-order valence-electron chi connectivity index (χ4n) is 3.69. The van der Waals surface area contributed by atoms with Gasteiger partial charge in [0.05, 0.1) is 0 Å². The van der Waals surface area contributed by atoms with Crippen molar-refractivity contribution in [1.82, 2.24) is 15.2 Å². The van der Waals surface area contributed by atoms with Gasteiger partial charge in [-0.05, 0) is 50.3 Å². The van der Waals surface area contributed by atoms with Gasteiger partial charge in [-0.25, -0.2) is 0 Å². The summed E-state index contributed by atoms with van der Waals surface area (Å²) >= 11 is 0. The Kier molecular flexibility index (Phi) is 3.12. The molecule has 98 valence electrons. The van der Waals surface area contributed by atoms with Crippen molar-refractivity contribution in [3.63, 3.8) is 0 Å². The van der Waals surface area contributed by atoms with E-state index in [1.54, 1.807) is 0 Å². The standard InChI is InChI=1S/C15H23N3/c1-15(2)14-10-17-9-13(14)11-18(15)7-5-12-4-3-6-16-8-12/h3-4,6,8,13-14,17H,5,7,9-11H2,1-2H3. The molecule has 3 nitrogen and oxygen atoms in total. The Balaban J connectivity index is 1.64. The molecule has 1 N–H and O–H groups in total. The second-order valence-electron chi connectivity index (χ2n) is 6.24. The smallest absolute Gasteiger partial charge is 0.0300 e. The van der Waals surface area contributed by atoms with Crippen molar-refractivity contribution in [1.29, 1.82) is 0 Å². The van der Waals surface area contributed by atoms with Crippen LogP contribution < -0.4 is 5.32 Å². The molecule has 1 aromatic rings. The highest BCUT2D eigenvalue weighted by atomic mass is 15.2. The van der Waals surface area contributed by atoms with E-state index in [0.717, 1.165) is 24.8 Å². The molecule has 0 radical (unpaired) electrons. The Morgan fingerprint density at radius 1 is 1.44 bits per heavy atom.